The van der Waals surface area contributed by atoms with E-state index < -0.39 is 11.4 Å². The molecular weight excluding hydrogens is 132 g/mol. The van der Waals surface area contributed by atoms with Gasteiger partial charge < -0.3 is 9.84 Å². The molecule has 1 unspecified atom stereocenters. The van der Waals surface area contributed by atoms with E-state index in [0.29, 0.717) is 6.42 Å². The Morgan fingerprint density at radius 2 is 2.20 bits per heavy atom. The predicted octanol–water partition coefficient (Wildman–Crippen LogP) is 1.13. The van der Waals surface area contributed by atoms with Crippen molar-refractivity contribution in [1.29, 1.82) is 0 Å². The average molecular weight is 146 g/mol. The number of aliphatic carboxylic acids is 1. The van der Waals surface area contributed by atoms with Crippen LogP contribution < -0.4 is 0 Å². The van der Waals surface area contributed by atoms with Gasteiger partial charge in [0.05, 0.1) is 12.0 Å². The minimum absolute atomic E-state index is 0.277. The van der Waals surface area contributed by atoms with Crippen LogP contribution in [0.2, 0.25) is 0 Å². The van der Waals surface area contributed by atoms with Gasteiger partial charge in [-0.1, -0.05) is 6.92 Å². The Kier molecular flexibility index (Phi) is 3.36. The van der Waals surface area contributed by atoms with Crippen LogP contribution >= 0.6 is 0 Å². The maximum Gasteiger partial charge on any atom is 0.311 e. The number of carboxylic acids is 1. The van der Waals surface area contributed by atoms with Crippen LogP contribution in [0.4, 0.5) is 0 Å². The third-order valence-electron chi connectivity index (χ3n) is 1.76. The van der Waals surface area contributed by atoms with Crippen LogP contribution in [-0.4, -0.2) is 24.8 Å². The highest BCUT2D eigenvalue weighted by molar-refractivity contribution is 5.74. The van der Waals surface area contributed by atoms with E-state index in [0.717, 1.165) is 0 Å². The summed E-state index contributed by atoms with van der Waals surface area (Å²) in [5.41, 5.74) is -0.714. The first-order chi connectivity index (χ1) is 4.56. The summed E-state index contributed by atoms with van der Waals surface area (Å²) >= 11 is 0. The number of rotatable bonds is 4. The van der Waals surface area contributed by atoms with Gasteiger partial charge in [-0.3, -0.25) is 4.79 Å². The van der Waals surface area contributed by atoms with Gasteiger partial charge in [-0.05, 0) is 13.3 Å². The smallest absolute Gasteiger partial charge is 0.311 e. The third kappa shape index (κ3) is 1.99. The van der Waals surface area contributed by atoms with Crippen molar-refractivity contribution in [2.45, 2.75) is 20.3 Å². The Morgan fingerprint density at radius 1 is 1.70 bits per heavy atom. The normalized spacial score (nSPS) is 16.3. The van der Waals surface area contributed by atoms with Crippen LogP contribution in [0.15, 0.2) is 0 Å². The molecule has 0 aromatic carbocycles. The molecule has 0 aliphatic heterocycles. The van der Waals surface area contributed by atoms with E-state index in [2.05, 4.69) is 0 Å². The molecule has 0 bridgehead atoms. The maximum atomic E-state index is 10.6. The van der Waals surface area contributed by atoms with Gasteiger partial charge in [-0.2, -0.15) is 0 Å². The lowest BCUT2D eigenvalue weighted by molar-refractivity contribution is -0.151. The van der Waals surface area contributed by atoms with Crippen molar-refractivity contribution in [3.63, 3.8) is 0 Å². The van der Waals surface area contributed by atoms with E-state index in [1.165, 1.54) is 7.11 Å². The van der Waals surface area contributed by atoms with Crippen molar-refractivity contribution in [3.05, 3.63) is 0 Å². The first-order valence-corrected chi connectivity index (χ1v) is 3.29. The first kappa shape index (κ1) is 9.43. The van der Waals surface area contributed by atoms with Crippen LogP contribution in [0.25, 0.3) is 0 Å². The quantitative estimate of drug-likeness (QED) is 0.646. The molecule has 0 aromatic heterocycles. The van der Waals surface area contributed by atoms with Crippen molar-refractivity contribution >= 4 is 5.97 Å². The molecule has 0 spiro atoms. The van der Waals surface area contributed by atoms with E-state index in [1.807, 2.05) is 6.92 Å². The molecule has 0 fully saturated rings. The fourth-order valence-corrected chi connectivity index (χ4v) is 0.634. The maximum absolute atomic E-state index is 10.6. The second-order valence-corrected chi connectivity index (χ2v) is 2.65. The van der Waals surface area contributed by atoms with E-state index in [1.54, 1.807) is 6.92 Å². The van der Waals surface area contributed by atoms with Crippen molar-refractivity contribution < 1.29 is 14.6 Å². The summed E-state index contributed by atoms with van der Waals surface area (Å²) in [6, 6.07) is 0. The zero-order valence-corrected chi connectivity index (χ0v) is 6.68. The molecule has 1 N–H and O–H groups in total. The zero-order valence-electron chi connectivity index (χ0n) is 6.68. The van der Waals surface area contributed by atoms with Crippen molar-refractivity contribution in [2.75, 3.05) is 13.7 Å². The van der Waals surface area contributed by atoms with Crippen LogP contribution in [0, 0.1) is 5.41 Å². The molecule has 60 valence electrons. The molecule has 3 nitrogen and oxygen atoms in total. The summed E-state index contributed by atoms with van der Waals surface area (Å²) < 4.78 is 4.78. The number of carbonyl (C=O) groups is 1. The molecule has 0 saturated heterocycles. The third-order valence-corrected chi connectivity index (χ3v) is 1.76. The molecule has 10 heavy (non-hydrogen) atoms. The molecule has 1 atom stereocenters. The minimum atomic E-state index is -0.795. The number of ether oxygens (including phenoxy) is 1. The number of hydrogen-bond acceptors (Lipinski definition) is 2. The lowest BCUT2D eigenvalue weighted by Crippen LogP contribution is -2.31. The standard InChI is InChI=1S/C7H14O3/c1-4-7(2,5-10-3)6(8)9/h4-5H2,1-3H3,(H,8,9). The Hall–Kier alpha value is -0.570. The predicted molar refractivity (Wildman–Crippen MR) is 37.9 cm³/mol. The van der Waals surface area contributed by atoms with Crippen molar-refractivity contribution in [3.8, 4) is 0 Å². The molecule has 0 amide bonds. The van der Waals surface area contributed by atoms with Crippen molar-refractivity contribution in [2.24, 2.45) is 5.41 Å². The second kappa shape index (κ2) is 3.56. The number of carboxylic acid groups (broad SMARTS) is 1. The second-order valence-electron chi connectivity index (χ2n) is 2.65. The molecule has 3 heteroatoms. The zero-order chi connectivity index (χ0) is 8.20. The molecule has 0 rings (SSSR count). The Labute approximate surface area is 61.0 Å². The number of hydrogen-bond donors (Lipinski definition) is 1. The summed E-state index contributed by atoms with van der Waals surface area (Å²) in [7, 11) is 1.51. The van der Waals surface area contributed by atoms with Gasteiger partial charge in [-0.15, -0.1) is 0 Å². The monoisotopic (exact) mass is 146 g/mol. The highest BCUT2D eigenvalue weighted by Gasteiger charge is 2.30. The summed E-state index contributed by atoms with van der Waals surface area (Å²) in [4.78, 5) is 10.6. The van der Waals surface area contributed by atoms with Crippen molar-refractivity contribution in [1.82, 2.24) is 0 Å². The molecule has 0 aliphatic rings. The lowest BCUT2D eigenvalue weighted by Gasteiger charge is -2.20. The Bertz CT molecular complexity index is 122. The van der Waals surface area contributed by atoms with E-state index in [9.17, 15) is 4.79 Å². The first-order valence-electron chi connectivity index (χ1n) is 3.29. The topological polar surface area (TPSA) is 46.5 Å². The summed E-state index contributed by atoms with van der Waals surface area (Å²) in [6.45, 7) is 3.80. The van der Waals surface area contributed by atoms with Crippen LogP contribution in [0.1, 0.15) is 20.3 Å². The molecule has 0 heterocycles. The SMILES string of the molecule is CCC(C)(COC)C(=O)O. The number of methoxy groups -OCH3 is 1. The Morgan fingerprint density at radius 3 is 2.30 bits per heavy atom. The van der Waals surface area contributed by atoms with Gasteiger partial charge in [0, 0.05) is 7.11 Å². The van der Waals surface area contributed by atoms with Crippen LogP contribution in [-0.2, 0) is 9.53 Å². The largest absolute Gasteiger partial charge is 0.481 e. The minimum Gasteiger partial charge on any atom is -0.481 e. The van der Waals surface area contributed by atoms with Gasteiger partial charge in [-0.25, -0.2) is 0 Å². The van der Waals surface area contributed by atoms with Gasteiger partial charge >= 0.3 is 5.97 Å². The van der Waals surface area contributed by atoms with Gasteiger partial charge in [0.25, 0.3) is 0 Å². The summed E-state index contributed by atoms with van der Waals surface area (Å²) in [5.74, 6) is -0.795. The fourth-order valence-electron chi connectivity index (χ4n) is 0.634. The van der Waals surface area contributed by atoms with Gasteiger partial charge in [0.1, 0.15) is 0 Å². The highest BCUT2D eigenvalue weighted by atomic mass is 16.5. The average Bonchev–Trinajstić information content (AvgIpc) is 1.88. The molecule has 0 aliphatic carbocycles. The van der Waals surface area contributed by atoms with E-state index in [-0.39, 0.29) is 6.61 Å². The molecule has 0 saturated carbocycles. The van der Waals surface area contributed by atoms with Crippen LogP contribution in [0.5, 0.6) is 0 Å². The van der Waals surface area contributed by atoms with E-state index >= 15 is 0 Å². The molecular formula is C7H14O3. The Balaban J connectivity index is 4.08. The van der Waals surface area contributed by atoms with Gasteiger partial charge in [0.2, 0.25) is 0 Å². The summed E-state index contributed by atoms with van der Waals surface area (Å²) in [5, 5.41) is 8.68. The molecule has 0 aromatic rings. The summed E-state index contributed by atoms with van der Waals surface area (Å²) in [6.07, 6.45) is 0.593. The van der Waals surface area contributed by atoms with Crippen LogP contribution in [0.3, 0.4) is 0 Å². The lowest BCUT2D eigenvalue weighted by atomic mass is 9.89. The highest BCUT2D eigenvalue weighted by Crippen LogP contribution is 2.20. The molecule has 0 radical (unpaired) electrons. The van der Waals surface area contributed by atoms with E-state index in [4.69, 9.17) is 9.84 Å². The fraction of sp³-hybridized carbons (Fsp3) is 0.857. The van der Waals surface area contributed by atoms with Gasteiger partial charge in [0.15, 0.2) is 0 Å².